The lowest BCUT2D eigenvalue weighted by molar-refractivity contribution is -0.139. The Balaban J connectivity index is 0.915. The van der Waals surface area contributed by atoms with Crippen molar-refractivity contribution in [3.8, 4) is 33.6 Å². The van der Waals surface area contributed by atoms with E-state index in [9.17, 15) is 19.5 Å². The van der Waals surface area contributed by atoms with Crippen LogP contribution < -0.4 is 10.6 Å². The zero-order valence-corrected chi connectivity index (χ0v) is 32.2. The Bertz CT molecular complexity index is 2150. The number of ether oxygens (including phenoxy) is 1. The summed E-state index contributed by atoms with van der Waals surface area (Å²) in [6, 6.07) is 24.4. The minimum absolute atomic E-state index is 0.0350. The number of aromatic amines is 2. The third-order valence-corrected chi connectivity index (χ3v) is 11.8. The zero-order chi connectivity index (χ0) is 39.3. The van der Waals surface area contributed by atoms with Crippen molar-refractivity contribution in [2.45, 2.75) is 75.5 Å². The van der Waals surface area contributed by atoms with E-state index in [1.54, 1.807) is 42.5 Å². The SMILES string of the molecule is COCN[C@@H]1CCCC[C@@H]1C(=O)N1CCC[C@H]1c1ncc(-c2ccc(-c3ccc(-c4cnc([C@@H]5CCCN5C(=O)[C@H](NC(=O)O)c5ccccc5)[nH]4)cc3)cc2)[nH]1. The summed E-state index contributed by atoms with van der Waals surface area (Å²) < 4.78 is 5.26. The number of benzene rings is 3. The molecule has 8 rings (SSSR count). The molecule has 13 nitrogen and oxygen atoms in total. The fraction of sp³-hybridized carbons (Fsp3) is 0.386. The van der Waals surface area contributed by atoms with Gasteiger partial charge in [-0.15, -0.1) is 0 Å². The number of amides is 3. The summed E-state index contributed by atoms with van der Waals surface area (Å²) in [5, 5.41) is 15.3. The molecule has 296 valence electrons. The Hall–Kier alpha value is -5.79. The van der Waals surface area contributed by atoms with Crippen molar-refractivity contribution in [1.29, 1.82) is 0 Å². The van der Waals surface area contributed by atoms with Crippen LogP contribution in [-0.2, 0) is 14.3 Å². The number of hydrogen-bond donors (Lipinski definition) is 5. The maximum absolute atomic E-state index is 13.9. The molecular formula is C44H50N8O5. The highest BCUT2D eigenvalue weighted by atomic mass is 16.5. The number of methoxy groups -OCH3 is 1. The second-order valence-corrected chi connectivity index (χ2v) is 15.3. The highest BCUT2D eigenvalue weighted by molar-refractivity contribution is 5.87. The number of rotatable bonds is 12. The van der Waals surface area contributed by atoms with E-state index in [0.29, 0.717) is 24.7 Å². The summed E-state index contributed by atoms with van der Waals surface area (Å²) >= 11 is 0. The zero-order valence-electron chi connectivity index (χ0n) is 32.2. The summed E-state index contributed by atoms with van der Waals surface area (Å²) in [5.74, 6) is 1.42. The molecule has 4 heterocycles. The van der Waals surface area contributed by atoms with Crippen LogP contribution >= 0.6 is 0 Å². The van der Waals surface area contributed by atoms with Crippen molar-refractivity contribution in [3.05, 3.63) is 108 Å². The van der Waals surface area contributed by atoms with Gasteiger partial charge in [-0.05, 0) is 66.3 Å². The highest BCUT2D eigenvalue weighted by Crippen LogP contribution is 2.37. The normalized spacial score (nSPS) is 21.4. The predicted octanol–water partition coefficient (Wildman–Crippen LogP) is 7.22. The number of aromatic nitrogens is 4. The number of carbonyl (C=O) groups excluding carboxylic acids is 2. The third-order valence-electron chi connectivity index (χ3n) is 11.8. The van der Waals surface area contributed by atoms with Crippen LogP contribution in [0.1, 0.15) is 86.7 Å². The Kier molecular flexibility index (Phi) is 11.5. The van der Waals surface area contributed by atoms with Crippen LogP contribution in [0.4, 0.5) is 4.79 Å². The van der Waals surface area contributed by atoms with E-state index < -0.39 is 12.1 Å². The van der Waals surface area contributed by atoms with E-state index in [1.165, 1.54) is 0 Å². The van der Waals surface area contributed by atoms with Crippen molar-refractivity contribution >= 4 is 17.9 Å². The van der Waals surface area contributed by atoms with Crippen LogP contribution in [0.5, 0.6) is 0 Å². The molecular weight excluding hydrogens is 721 g/mol. The lowest BCUT2D eigenvalue weighted by Crippen LogP contribution is -2.48. The van der Waals surface area contributed by atoms with Crippen LogP contribution in [0.25, 0.3) is 33.6 Å². The molecule has 1 saturated carbocycles. The third kappa shape index (κ3) is 8.21. The fourth-order valence-corrected chi connectivity index (χ4v) is 8.92. The Labute approximate surface area is 332 Å². The van der Waals surface area contributed by atoms with E-state index in [2.05, 4.69) is 74.1 Å². The Morgan fingerprint density at radius 1 is 0.737 bits per heavy atom. The van der Waals surface area contributed by atoms with Gasteiger partial charge in [-0.3, -0.25) is 14.9 Å². The summed E-state index contributed by atoms with van der Waals surface area (Å²) in [5.41, 5.74) is 6.51. The van der Waals surface area contributed by atoms with Crippen LogP contribution in [0.15, 0.2) is 91.3 Å². The van der Waals surface area contributed by atoms with Crippen LogP contribution in [0, 0.1) is 5.92 Å². The van der Waals surface area contributed by atoms with Gasteiger partial charge in [0.25, 0.3) is 5.91 Å². The van der Waals surface area contributed by atoms with Gasteiger partial charge >= 0.3 is 6.09 Å². The molecule has 3 aliphatic rings. The van der Waals surface area contributed by atoms with Gasteiger partial charge in [0.15, 0.2) is 0 Å². The number of carbonyl (C=O) groups is 3. The Morgan fingerprint density at radius 3 is 1.86 bits per heavy atom. The number of H-pyrrole nitrogens is 2. The van der Waals surface area contributed by atoms with Gasteiger partial charge in [0.1, 0.15) is 17.7 Å². The first-order chi connectivity index (χ1) is 27.9. The molecule has 5 aromatic rings. The first kappa shape index (κ1) is 38.1. The molecule has 2 saturated heterocycles. The van der Waals surface area contributed by atoms with Crippen LogP contribution in [-0.4, -0.2) is 85.7 Å². The van der Waals surface area contributed by atoms with E-state index in [-0.39, 0.29) is 35.9 Å². The molecule has 57 heavy (non-hydrogen) atoms. The van der Waals surface area contributed by atoms with Gasteiger partial charge < -0.3 is 34.9 Å². The number of nitrogens with zero attached hydrogens (tertiary/aromatic N) is 4. The largest absolute Gasteiger partial charge is 0.465 e. The standard InChI is InChI=1S/C44H50N8O5/c1-57-27-47-34-12-6-5-11-33(34)42(53)51-23-7-13-37(51)40-45-25-35(48-40)30-19-15-28(16-20-30)29-17-21-31(22-18-29)36-26-46-41(49-36)38-14-8-24-52(38)43(54)39(50-44(55)56)32-9-3-2-4-10-32/h2-4,9-10,15-22,25-26,33-34,37-39,47,50H,5-8,11-14,23-24,27H2,1H3,(H,45,48)(H,46,49)(H,55,56)/t33-,34+,37-,38-,39+/m0/s1. The van der Waals surface area contributed by atoms with Gasteiger partial charge in [-0.25, -0.2) is 14.8 Å². The van der Waals surface area contributed by atoms with Crippen molar-refractivity contribution in [2.24, 2.45) is 5.92 Å². The first-order valence-electron chi connectivity index (χ1n) is 20.1. The molecule has 5 N–H and O–H groups in total. The first-order valence-corrected chi connectivity index (χ1v) is 20.1. The highest BCUT2D eigenvalue weighted by Gasteiger charge is 2.40. The minimum Gasteiger partial charge on any atom is -0.465 e. The smallest absolute Gasteiger partial charge is 0.405 e. The summed E-state index contributed by atoms with van der Waals surface area (Å²) in [4.78, 5) is 59.4. The molecule has 3 amide bonds. The Morgan fingerprint density at radius 2 is 1.28 bits per heavy atom. The molecule has 5 atom stereocenters. The van der Waals surface area contributed by atoms with Gasteiger partial charge in [0.2, 0.25) is 5.91 Å². The fourth-order valence-electron chi connectivity index (χ4n) is 8.92. The number of imidazole rings is 2. The molecule has 2 aliphatic heterocycles. The van der Waals surface area contributed by atoms with Crippen LogP contribution in [0.3, 0.4) is 0 Å². The molecule has 2 aromatic heterocycles. The van der Waals surface area contributed by atoms with Gasteiger partial charge in [-0.2, -0.15) is 0 Å². The maximum atomic E-state index is 13.9. The quantitative estimate of drug-likeness (QED) is 0.0829. The summed E-state index contributed by atoms with van der Waals surface area (Å²) in [7, 11) is 1.67. The van der Waals surface area contributed by atoms with Gasteiger partial charge in [-0.1, -0.05) is 91.7 Å². The molecule has 0 bridgehead atoms. The topological polar surface area (TPSA) is 169 Å². The molecule has 3 aromatic carbocycles. The number of hydrogen-bond acceptors (Lipinski definition) is 7. The predicted molar refractivity (Wildman–Crippen MR) is 216 cm³/mol. The molecule has 13 heteroatoms. The lowest BCUT2D eigenvalue weighted by Gasteiger charge is -2.35. The van der Waals surface area contributed by atoms with Crippen molar-refractivity contribution in [3.63, 3.8) is 0 Å². The molecule has 0 unspecified atom stereocenters. The van der Waals surface area contributed by atoms with E-state index in [0.717, 1.165) is 97.4 Å². The summed E-state index contributed by atoms with van der Waals surface area (Å²) in [6.45, 7) is 1.73. The maximum Gasteiger partial charge on any atom is 0.405 e. The summed E-state index contributed by atoms with van der Waals surface area (Å²) in [6.07, 6.45) is 9.91. The number of nitrogens with one attached hydrogen (secondary N) is 4. The number of carboxylic acid groups (broad SMARTS) is 1. The lowest BCUT2D eigenvalue weighted by atomic mass is 9.83. The van der Waals surface area contributed by atoms with Crippen LogP contribution in [0.2, 0.25) is 0 Å². The van der Waals surface area contributed by atoms with E-state index in [4.69, 9.17) is 9.72 Å². The van der Waals surface area contributed by atoms with Crippen molar-refractivity contribution < 1.29 is 24.2 Å². The molecule has 1 aliphatic carbocycles. The van der Waals surface area contributed by atoms with Gasteiger partial charge in [0, 0.05) is 26.2 Å². The number of likely N-dealkylation sites (tertiary alicyclic amines) is 2. The monoisotopic (exact) mass is 770 g/mol. The van der Waals surface area contributed by atoms with Crippen molar-refractivity contribution in [2.75, 3.05) is 26.9 Å². The average Bonchev–Trinajstić information content (AvgIpc) is 4.09. The van der Waals surface area contributed by atoms with E-state index >= 15 is 0 Å². The van der Waals surface area contributed by atoms with Crippen molar-refractivity contribution in [1.82, 2.24) is 40.4 Å². The van der Waals surface area contributed by atoms with Gasteiger partial charge in [0.05, 0.1) is 48.5 Å². The minimum atomic E-state index is -1.25. The second kappa shape index (κ2) is 17.1. The molecule has 0 radical (unpaired) electrons. The average molecular weight is 771 g/mol. The molecule has 3 fully saturated rings. The second-order valence-electron chi connectivity index (χ2n) is 15.3. The van der Waals surface area contributed by atoms with E-state index in [1.807, 2.05) is 17.2 Å². The molecule has 0 spiro atoms.